The summed E-state index contributed by atoms with van der Waals surface area (Å²) < 4.78 is 5.24. The smallest absolute Gasteiger partial charge is 0.342 e. The molecule has 3 aliphatic heterocycles. The topological polar surface area (TPSA) is 253 Å². The predicted octanol–water partition coefficient (Wildman–Crippen LogP) is 1.72. The molecule has 0 aromatic carbocycles. The minimum Gasteiger partial charge on any atom is -0.481 e. The fraction of sp³-hybridized carbons (Fsp3) is 0.385. The number of aromatic nitrogens is 2. The fourth-order valence-corrected chi connectivity index (χ4v) is 6.90. The van der Waals surface area contributed by atoms with Gasteiger partial charge < -0.3 is 50.9 Å². The van der Waals surface area contributed by atoms with Crippen molar-refractivity contribution in [2.75, 3.05) is 6.61 Å². The summed E-state index contributed by atoms with van der Waals surface area (Å²) in [4.78, 5) is 66.4. The van der Waals surface area contributed by atoms with E-state index in [1.807, 2.05) is 13.8 Å². The molecule has 1 fully saturated rings. The van der Waals surface area contributed by atoms with Crippen LogP contribution >= 0.6 is 0 Å². The van der Waals surface area contributed by atoms with Crippen LogP contribution in [0.5, 0.6) is 0 Å². The Hall–Kier alpha value is -5.36. The van der Waals surface area contributed by atoms with Crippen molar-refractivity contribution < 1.29 is 59.2 Å². The van der Waals surface area contributed by atoms with Crippen LogP contribution in [0, 0.1) is 13.8 Å². The Morgan fingerprint density at radius 3 is 1.89 bits per heavy atom. The van der Waals surface area contributed by atoms with Gasteiger partial charge in [0.05, 0.1) is 18.7 Å². The molecule has 0 aliphatic carbocycles. The summed E-state index contributed by atoms with van der Waals surface area (Å²) in [5, 5.41) is 55.0. The van der Waals surface area contributed by atoms with Crippen molar-refractivity contribution >= 4 is 35.9 Å². The summed E-state index contributed by atoms with van der Waals surface area (Å²) in [5.74, 6) is -2.36. The average molecular weight is 763 g/mol. The molecular formula is C39H46N4O12. The molecule has 55 heavy (non-hydrogen) atoms. The van der Waals surface area contributed by atoms with Gasteiger partial charge in [-0.2, -0.15) is 0 Å². The fourth-order valence-electron chi connectivity index (χ4n) is 6.90. The van der Waals surface area contributed by atoms with Crippen LogP contribution in [-0.2, 0) is 53.0 Å². The van der Waals surface area contributed by atoms with Crippen molar-refractivity contribution in [1.82, 2.24) is 20.6 Å². The minimum atomic E-state index is -1.77. The molecule has 0 unspecified atom stereocenters. The predicted molar refractivity (Wildman–Crippen MR) is 197 cm³/mol. The van der Waals surface area contributed by atoms with Crippen molar-refractivity contribution in [3.05, 3.63) is 104 Å². The second kappa shape index (κ2) is 17.0. The van der Waals surface area contributed by atoms with Crippen molar-refractivity contribution in [3.8, 4) is 0 Å². The number of H-pyrrole nitrogens is 2. The normalized spacial score (nSPS) is 24.2. The highest BCUT2D eigenvalue weighted by Crippen LogP contribution is 2.32. The molecule has 294 valence electrons. The van der Waals surface area contributed by atoms with E-state index in [2.05, 4.69) is 33.8 Å². The van der Waals surface area contributed by atoms with Gasteiger partial charge in [-0.1, -0.05) is 25.3 Å². The number of hydrogen-bond donors (Lipinski definition) is 9. The van der Waals surface area contributed by atoms with Crippen molar-refractivity contribution in [2.45, 2.75) is 90.5 Å². The molecule has 5 rings (SSSR count). The number of rotatable bonds is 15. The van der Waals surface area contributed by atoms with Gasteiger partial charge in [0.1, 0.15) is 24.4 Å². The van der Waals surface area contributed by atoms with Gasteiger partial charge in [0.25, 0.3) is 11.8 Å². The van der Waals surface area contributed by atoms with Crippen LogP contribution < -0.4 is 10.6 Å². The number of amides is 2. The maximum absolute atomic E-state index is 13.0. The van der Waals surface area contributed by atoms with Crippen molar-refractivity contribution in [3.63, 3.8) is 0 Å². The minimum absolute atomic E-state index is 0.122. The number of aliphatic carboxylic acids is 1. The molecule has 0 spiro atoms. The first kappa shape index (κ1) is 40.8. The number of carboxylic acid groups (broad SMARTS) is 1. The van der Waals surface area contributed by atoms with E-state index >= 15 is 0 Å². The van der Waals surface area contributed by atoms with Crippen molar-refractivity contribution in [2.24, 2.45) is 0 Å². The van der Waals surface area contributed by atoms with Gasteiger partial charge in [0, 0.05) is 58.0 Å². The van der Waals surface area contributed by atoms with E-state index < -0.39 is 49.3 Å². The largest absolute Gasteiger partial charge is 0.481 e. The summed E-state index contributed by atoms with van der Waals surface area (Å²) in [6.45, 7) is 14.1. The number of aromatic amines is 2. The number of carbonyl (C=O) groups is 4. The molecule has 0 saturated carbocycles. The Kier molecular flexibility index (Phi) is 12.6. The Bertz CT molecular complexity index is 2050. The number of ether oxygens (including phenoxy) is 1. The van der Waals surface area contributed by atoms with Gasteiger partial charge >= 0.3 is 11.9 Å². The molecular weight excluding hydrogens is 716 g/mol. The van der Waals surface area contributed by atoms with E-state index in [4.69, 9.17) is 14.5 Å². The first-order valence-electron chi connectivity index (χ1n) is 17.6. The molecule has 2 amide bonds. The Balaban J connectivity index is 1.47. The summed E-state index contributed by atoms with van der Waals surface area (Å²) >= 11 is 0. The van der Waals surface area contributed by atoms with Crippen LogP contribution in [0.15, 0.2) is 59.0 Å². The molecule has 16 nitrogen and oxygen atoms in total. The van der Waals surface area contributed by atoms with Gasteiger partial charge in [-0.15, -0.1) is 4.89 Å². The molecule has 1 saturated heterocycles. The van der Waals surface area contributed by atoms with Crippen LogP contribution in [0.4, 0.5) is 0 Å². The Morgan fingerprint density at radius 1 is 0.782 bits per heavy atom. The van der Waals surface area contributed by atoms with Crippen LogP contribution in [0.2, 0.25) is 0 Å². The maximum Gasteiger partial charge on any atom is 0.342 e. The van der Waals surface area contributed by atoms with Crippen LogP contribution in [-0.4, -0.2) is 96.6 Å². The molecule has 0 radical (unpaired) electrons. The molecule has 2 aromatic heterocycles. The van der Waals surface area contributed by atoms with E-state index in [-0.39, 0.29) is 43.9 Å². The third-order valence-corrected chi connectivity index (χ3v) is 10.2. The highest BCUT2D eigenvalue weighted by atomic mass is 17.2. The first-order chi connectivity index (χ1) is 26.1. The third kappa shape index (κ3) is 8.49. The van der Waals surface area contributed by atoms with Gasteiger partial charge in [-0.25, -0.2) is 4.79 Å². The lowest BCUT2D eigenvalue weighted by molar-refractivity contribution is -0.405. The quantitative estimate of drug-likeness (QED) is 0.0930. The van der Waals surface area contributed by atoms with E-state index in [1.54, 1.807) is 32.1 Å². The van der Waals surface area contributed by atoms with Gasteiger partial charge in [0.2, 0.25) is 6.29 Å². The van der Waals surface area contributed by atoms with Gasteiger partial charge in [0.15, 0.2) is 0 Å². The Morgan fingerprint density at radius 2 is 1.35 bits per heavy atom. The number of carboxylic acids is 1. The van der Waals surface area contributed by atoms with Crippen LogP contribution in [0.1, 0.15) is 71.7 Å². The van der Waals surface area contributed by atoms with Gasteiger partial charge in [-0.05, 0) is 80.5 Å². The second-order valence-electron chi connectivity index (χ2n) is 13.6. The molecule has 3 aliphatic rings. The zero-order valence-corrected chi connectivity index (χ0v) is 30.9. The molecule has 2 aromatic rings. The van der Waals surface area contributed by atoms with Crippen LogP contribution in [0.3, 0.4) is 0 Å². The summed E-state index contributed by atoms with van der Waals surface area (Å²) in [5.41, 5.74) is 9.11. The lowest BCUT2D eigenvalue weighted by Crippen LogP contribution is -2.59. The standard InChI is InChI=1S/C39H46N4O12/c1-7-21-20(6)37(51)43-28(21)14-26-18(4)23(9-11-32(45)46)29(41-26)15-30-24(19(5)25(40-30)13-27-17(3)22(8-2)38(52)42-27)10-12-33(47)54-55-39-36(50)35(49)34(48)31(16-44)53-39/h7-8,13-14,31,34-36,39-41,44,48-50H,1-2,9-12,15-16H2,3-6H3,(H,42,52)(H,43,51)(H,45,46)/b27-13-,28-14-/t31-,34-,35+,36-,39+/m1/s1. The maximum atomic E-state index is 13.0. The summed E-state index contributed by atoms with van der Waals surface area (Å²) in [7, 11) is 0. The number of carbonyl (C=O) groups excluding carboxylic acids is 3. The SMILES string of the molecule is C=CC1=C(C)/C(=C/c2[nH]c(Cc3[nH]c(/C=C4\NC(=O)C(C)=C4C=C)c(C)c3CCC(=O)O)c(CCC(=O)OO[C@@H]3O[C@H](CO)[C@@H](O)[C@H](O)[C@H]3O)c2C)NC1=O. The molecule has 5 heterocycles. The molecule has 16 heteroatoms. The summed E-state index contributed by atoms with van der Waals surface area (Å²) in [6, 6.07) is 0. The average Bonchev–Trinajstić information content (AvgIpc) is 3.79. The van der Waals surface area contributed by atoms with E-state index in [0.717, 1.165) is 22.3 Å². The second-order valence-corrected chi connectivity index (χ2v) is 13.6. The highest BCUT2D eigenvalue weighted by Gasteiger charge is 2.45. The van der Waals surface area contributed by atoms with E-state index in [9.17, 15) is 44.7 Å². The van der Waals surface area contributed by atoms with E-state index in [1.165, 1.54) is 6.08 Å². The summed E-state index contributed by atoms with van der Waals surface area (Å²) in [6.07, 6.45) is -1.22. The molecule has 5 atom stereocenters. The van der Waals surface area contributed by atoms with Gasteiger partial charge in [-0.3, -0.25) is 19.3 Å². The van der Waals surface area contributed by atoms with Crippen LogP contribution in [0.25, 0.3) is 12.2 Å². The van der Waals surface area contributed by atoms with Crippen molar-refractivity contribution in [1.29, 1.82) is 0 Å². The number of aliphatic hydroxyl groups excluding tert-OH is 4. The number of allylic oxidation sites excluding steroid dienone is 2. The monoisotopic (exact) mass is 762 g/mol. The Labute approximate surface area is 316 Å². The molecule has 9 N–H and O–H groups in total. The van der Waals surface area contributed by atoms with E-state index in [0.29, 0.717) is 56.5 Å². The zero-order valence-electron chi connectivity index (χ0n) is 30.9. The first-order valence-corrected chi connectivity index (χ1v) is 17.6. The lowest BCUT2D eigenvalue weighted by atomic mass is 9.98. The third-order valence-electron chi connectivity index (χ3n) is 10.2. The highest BCUT2D eigenvalue weighted by molar-refractivity contribution is 6.03. The number of nitrogens with one attached hydrogen (secondary N) is 4. The number of hydrogen-bond acceptors (Lipinski definition) is 11. The molecule has 0 bridgehead atoms. The lowest BCUT2D eigenvalue weighted by Gasteiger charge is -2.38. The zero-order chi connectivity index (χ0) is 40.3. The number of aliphatic hydroxyl groups is 4.